The lowest BCUT2D eigenvalue weighted by Gasteiger charge is -2.33. The van der Waals surface area contributed by atoms with E-state index < -0.39 is 17.1 Å². The SMILES string of the molecule is CB(O)N1CCC(/C(=N\NS(=O)(=O)c2ccc(C)cc2)c2ccccc2)CC1. The first-order valence-electron chi connectivity index (χ1n) is 9.50. The predicted molar refractivity (Wildman–Crippen MR) is 113 cm³/mol. The van der Waals surface area contributed by atoms with Crippen molar-refractivity contribution in [2.75, 3.05) is 13.1 Å². The maximum atomic E-state index is 12.6. The van der Waals surface area contributed by atoms with Gasteiger partial charge in [0, 0.05) is 5.92 Å². The second-order valence-corrected chi connectivity index (χ2v) is 8.87. The fraction of sp³-hybridized carbons (Fsp3) is 0.350. The van der Waals surface area contributed by atoms with E-state index in [1.54, 1.807) is 31.1 Å². The Morgan fingerprint density at radius 2 is 1.71 bits per heavy atom. The molecular formula is C20H26BN3O3S. The van der Waals surface area contributed by atoms with Crippen molar-refractivity contribution >= 4 is 22.8 Å². The number of nitrogens with one attached hydrogen (secondary N) is 1. The number of nitrogens with zero attached hydrogens (tertiary/aromatic N) is 2. The molecule has 1 saturated heterocycles. The van der Waals surface area contributed by atoms with E-state index in [-0.39, 0.29) is 10.8 Å². The van der Waals surface area contributed by atoms with Crippen molar-refractivity contribution in [3.8, 4) is 0 Å². The Kier molecular flexibility index (Phi) is 6.54. The normalized spacial score (nSPS) is 16.8. The zero-order valence-corrected chi connectivity index (χ0v) is 17.1. The van der Waals surface area contributed by atoms with Gasteiger partial charge in [-0.1, -0.05) is 48.0 Å². The van der Waals surface area contributed by atoms with E-state index in [0.717, 1.165) is 42.8 Å². The van der Waals surface area contributed by atoms with E-state index in [1.807, 2.05) is 42.1 Å². The minimum absolute atomic E-state index is 0.123. The molecule has 0 aliphatic carbocycles. The standard InChI is InChI=1S/C20H26BN3O3S/c1-16-8-10-19(11-9-16)28(26,27)23-22-20(17-6-4-3-5-7-17)18-12-14-24(15-13-18)21(2)25/h3-11,18,23,25H,12-15H2,1-2H3/b22-20-. The Hall–Kier alpha value is -2.16. The first-order valence-corrected chi connectivity index (χ1v) is 11.0. The number of hydrogen-bond donors (Lipinski definition) is 2. The second kappa shape index (κ2) is 8.90. The van der Waals surface area contributed by atoms with Gasteiger partial charge >= 0.3 is 7.05 Å². The molecule has 0 saturated carbocycles. The minimum Gasteiger partial charge on any atom is -0.437 e. The average molecular weight is 399 g/mol. The van der Waals surface area contributed by atoms with Crippen LogP contribution in [0.1, 0.15) is 24.0 Å². The Balaban J connectivity index is 1.84. The summed E-state index contributed by atoms with van der Waals surface area (Å²) >= 11 is 0. The van der Waals surface area contributed by atoms with Crippen molar-refractivity contribution < 1.29 is 13.4 Å². The van der Waals surface area contributed by atoms with Crippen LogP contribution in [-0.4, -0.2) is 44.1 Å². The number of sulfonamides is 1. The lowest BCUT2D eigenvalue weighted by atomic mass is 9.79. The van der Waals surface area contributed by atoms with Gasteiger partial charge in [0.2, 0.25) is 0 Å². The van der Waals surface area contributed by atoms with Crippen LogP contribution in [0, 0.1) is 12.8 Å². The summed E-state index contributed by atoms with van der Waals surface area (Å²) in [6.07, 6.45) is 1.62. The Labute approximate surface area is 167 Å². The van der Waals surface area contributed by atoms with Crippen LogP contribution in [0.4, 0.5) is 0 Å². The molecule has 0 radical (unpaired) electrons. The summed E-state index contributed by atoms with van der Waals surface area (Å²) in [4.78, 5) is 4.62. The number of hydrazone groups is 1. The molecule has 1 fully saturated rings. The summed E-state index contributed by atoms with van der Waals surface area (Å²) in [5.41, 5.74) is 2.64. The second-order valence-electron chi connectivity index (χ2n) is 7.21. The van der Waals surface area contributed by atoms with Gasteiger partial charge in [-0.2, -0.15) is 18.4 Å². The van der Waals surface area contributed by atoms with E-state index in [2.05, 4.69) is 9.93 Å². The number of hydrogen-bond acceptors (Lipinski definition) is 5. The van der Waals surface area contributed by atoms with E-state index in [1.165, 1.54) is 0 Å². The zero-order valence-electron chi connectivity index (χ0n) is 16.2. The summed E-state index contributed by atoms with van der Waals surface area (Å²) < 4.78 is 25.3. The van der Waals surface area contributed by atoms with E-state index >= 15 is 0 Å². The van der Waals surface area contributed by atoms with Crippen LogP contribution >= 0.6 is 0 Å². The Bertz CT molecular complexity index is 907. The van der Waals surface area contributed by atoms with E-state index in [9.17, 15) is 13.4 Å². The van der Waals surface area contributed by atoms with Crippen molar-refractivity contribution in [1.82, 2.24) is 9.64 Å². The molecule has 6 nitrogen and oxygen atoms in total. The molecule has 2 N–H and O–H groups in total. The van der Waals surface area contributed by atoms with Crippen LogP contribution in [0.3, 0.4) is 0 Å². The maximum Gasteiger partial charge on any atom is 0.376 e. The van der Waals surface area contributed by atoms with Crippen LogP contribution < -0.4 is 4.83 Å². The molecule has 0 spiro atoms. The van der Waals surface area contributed by atoms with Gasteiger partial charge in [0.1, 0.15) is 0 Å². The average Bonchev–Trinajstić information content (AvgIpc) is 2.69. The third kappa shape index (κ3) is 5.01. The lowest BCUT2D eigenvalue weighted by molar-refractivity contribution is 0.286. The summed E-state index contributed by atoms with van der Waals surface area (Å²) in [7, 11) is -4.20. The predicted octanol–water partition coefficient (Wildman–Crippen LogP) is 2.50. The molecule has 0 amide bonds. The number of aryl methyl sites for hydroxylation is 1. The molecule has 28 heavy (non-hydrogen) atoms. The first-order chi connectivity index (χ1) is 13.4. The first kappa shape index (κ1) is 20.6. The van der Waals surface area contributed by atoms with Crippen LogP contribution in [0.2, 0.25) is 6.82 Å². The minimum atomic E-state index is -3.73. The fourth-order valence-corrected chi connectivity index (χ4v) is 4.24. The Morgan fingerprint density at radius 3 is 2.29 bits per heavy atom. The summed E-state index contributed by atoms with van der Waals surface area (Å²) in [6, 6.07) is 16.3. The molecule has 8 heteroatoms. The largest absolute Gasteiger partial charge is 0.437 e. The van der Waals surface area contributed by atoms with Crippen LogP contribution in [-0.2, 0) is 10.0 Å². The molecular weight excluding hydrogens is 373 g/mol. The van der Waals surface area contributed by atoms with Crippen molar-refractivity contribution in [3.05, 3.63) is 65.7 Å². The monoisotopic (exact) mass is 399 g/mol. The number of benzene rings is 2. The van der Waals surface area contributed by atoms with Gasteiger partial charge < -0.3 is 9.83 Å². The molecule has 2 aromatic rings. The summed E-state index contributed by atoms with van der Waals surface area (Å²) in [6.45, 7) is 5.18. The molecule has 0 unspecified atom stereocenters. The van der Waals surface area contributed by atoms with Crippen LogP contribution in [0.5, 0.6) is 0 Å². The smallest absolute Gasteiger partial charge is 0.376 e. The highest BCUT2D eigenvalue weighted by atomic mass is 32.2. The van der Waals surface area contributed by atoms with Gasteiger partial charge in [0.15, 0.2) is 0 Å². The highest BCUT2D eigenvalue weighted by Crippen LogP contribution is 2.23. The van der Waals surface area contributed by atoms with Gasteiger partial charge in [-0.3, -0.25) is 0 Å². The van der Waals surface area contributed by atoms with Gasteiger partial charge in [0.25, 0.3) is 10.0 Å². The van der Waals surface area contributed by atoms with Crippen molar-refractivity contribution in [1.29, 1.82) is 0 Å². The summed E-state index contributed by atoms with van der Waals surface area (Å²) in [5, 5.41) is 14.1. The van der Waals surface area contributed by atoms with Gasteiger partial charge in [-0.05, 0) is 57.4 Å². The lowest BCUT2D eigenvalue weighted by Crippen LogP contribution is -2.44. The molecule has 0 aromatic heterocycles. The molecule has 1 aliphatic rings. The van der Waals surface area contributed by atoms with Gasteiger partial charge in [0.05, 0.1) is 10.6 Å². The van der Waals surface area contributed by atoms with Crippen molar-refractivity contribution in [3.63, 3.8) is 0 Å². The third-order valence-electron chi connectivity index (χ3n) is 5.13. The number of piperidine rings is 1. The van der Waals surface area contributed by atoms with Crippen LogP contribution in [0.25, 0.3) is 0 Å². The number of rotatable bonds is 6. The van der Waals surface area contributed by atoms with E-state index in [0.29, 0.717) is 0 Å². The third-order valence-corrected chi connectivity index (χ3v) is 6.36. The summed E-state index contributed by atoms with van der Waals surface area (Å²) in [5.74, 6) is 0.123. The molecule has 2 aromatic carbocycles. The van der Waals surface area contributed by atoms with Crippen LogP contribution in [0.15, 0.2) is 64.6 Å². The molecule has 1 aliphatic heterocycles. The Morgan fingerprint density at radius 1 is 1.11 bits per heavy atom. The topological polar surface area (TPSA) is 82.0 Å². The quantitative estimate of drug-likeness (QED) is 0.444. The highest BCUT2D eigenvalue weighted by molar-refractivity contribution is 7.89. The molecule has 0 bridgehead atoms. The molecule has 0 atom stereocenters. The molecule has 148 valence electrons. The van der Waals surface area contributed by atoms with Crippen molar-refractivity contribution in [2.24, 2.45) is 11.0 Å². The zero-order chi connectivity index (χ0) is 20.1. The van der Waals surface area contributed by atoms with Gasteiger partial charge in [-0.25, -0.2) is 0 Å². The van der Waals surface area contributed by atoms with Crippen molar-refractivity contribution in [2.45, 2.75) is 31.5 Å². The van der Waals surface area contributed by atoms with E-state index in [4.69, 9.17) is 0 Å². The van der Waals surface area contributed by atoms with Gasteiger partial charge in [-0.15, -0.1) is 0 Å². The maximum absolute atomic E-state index is 12.6. The fourth-order valence-electron chi connectivity index (χ4n) is 3.43. The highest BCUT2D eigenvalue weighted by Gasteiger charge is 2.28. The molecule has 3 rings (SSSR count). The molecule has 1 heterocycles.